The molecule has 0 bridgehead atoms. The zero-order valence-electron chi connectivity index (χ0n) is 7.17. The zero-order valence-corrected chi connectivity index (χ0v) is 9.17. The number of rotatable bonds is 5. The number of aliphatic hydroxyl groups is 1. The number of hydrogen-bond acceptors (Lipinski definition) is 3. The molecule has 0 amide bonds. The second kappa shape index (κ2) is 8.53. The molecule has 0 radical (unpaired) electrons. The molecule has 11 heavy (non-hydrogen) atoms. The quantitative estimate of drug-likeness (QED) is 0.345. The van der Waals surface area contributed by atoms with Crippen molar-refractivity contribution < 1.29 is 44.6 Å². The molecule has 0 saturated heterocycles. The molecule has 0 aromatic rings. The summed E-state index contributed by atoms with van der Waals surface area (Å²) in [5, 5.41) is 18.6. The third kappa shape index (κ3) is 8.34. The Bertz CT molecular complexity index is 106. The van der Waals surface area contributed by atoms with E-state index in [1.54, 1.807) is 0 Å². The van der Waals surface area contributed by atoms with Crippen LogP contribution in [0.5, 0.6) is 0 Å². The average molecular weight is 168 g/mol. The smallest absolute Gasteiger partial charge is 0.547 e. The van der Waals surface area contributed by atoms with Gasteiger partial charge in [-0.25, -0.2) is 0 Å². The van der Waals surface area contributed by atoms with E-state index in [1.165, 1.54) is 0 Å². The molecule has 1 N–H and O–H groups in total. The number of carboxylic acid groups (broad SMARTS) is 1. The summed E-state index contributed by atoms with van der Waals surface area (Å²) in [4.78, 5) is 9.93. The Balaban J connectivity index is 0. The van der Waals surface area contributed by atoms with Crippen LogP contribution in [0.2, 0.25) is 0 Å². The molecule has 0 rings (SSSR count). The van der Waals surface area contributed by atoms with Gasteiger partial charge < -0.3 is 15.0 Å². The molecule has 3 nitrogen and oxygen atoms in total. The summed E-state index contributed by atoms with van der Waals surface area (Å²) in [7, 11) is 0. The van der Waals surface area contributed by atoms with Crippen molar-refractivity contribution in [3.05, 3.63) is 0 Å². The summed E-state index contributed by atoms with van der Waals surface area (Å²) in [6, 6.07) is 0. The minimum atomic E-state index is -1.36. The van der Waals surface area contributed by atoms with Gasteiger partial charge in [0.15, 0.2) is 0 Å². The number of carboxylic acids is 1. The van der Waals surface area contributed by atoms with Crippen molar-refractivity contribution in [1.29, 1.82) is 0 Å². The standard InChI is InChI=1S/C7H14O3.Na/c1-2-3-4-5-6(8)7(9)10;/h6,8H,2-5H2,1H3,(H,9,10);/q;+1/p-1/t6-;/m1./s1. The minimum Gasteiger partial charge on any atom is -0.547 e. The van der Waals surface area contributed by atoms with E-state index in [4.69, 9.17) is 5.11 Å². The van der Waals surface area contributed by atoms with Gasteiger partial charge in [0.05, 0.1) is 12.1 Å². The van der Waals surface area contributed by atoms with Crippen molar-refractivity contribution in [2.45, 2.75) is 38.7 Å². The van der Waals surface area contributed by atoms with Crippen LogP contribution in [0.3, 0.4) is 0 Å². The van der Waals surface area contributed by atoms with Crippen LogP contribution in [-0.4, -0.2) is 17.2 Å². The molecule has 0 saturated carbocycles. The third-order valence-corrected chi connectivity index (χ3v) is 1.35. The molecule has 0 fully saturated rings. The monoisotopic (exact) mass is 168 g/mol. The van der Waals surface area contributed by atoms with Crippen LogP contribution in [0.15, 0.2) is 0 Å². The Morgan fingerprint density at radius 2 is 2.09 bits per heavy atom. The average Bonchev–Trinajstić information content (AvgIpc) is 1.88. The summed E-state index contributed by atoms with van der Waals surface area (Å²) < 4.78 is 0. The van der Waals surface area contributed by atoms with Gasteiger partial charge >= 0.3 is 29.6 Å². The van der Waals surface area contributed by atoms with Crippen LogP contribution >= 0.6 is 0 Å². The van der Waals surface area contributed by atoms with E-state index in [2.05, 4.69) is 0 Å². The molecular weight excluding hydrogens is 155 g/mol. The van der Waals surface area contributed by atoms with Gasteiger partial charge in [-0.1, -0.05) is 26.2 Å². The Morgan fingerprint density at radius 3 is 2.45 bits per heavy atom. The topological polar surface area (TPSA) is 60.4 Å². The number of hydrogen-bond donors (Lipinski definition) is 1. The molecule has 0 spiro atoms. The maximum absolute atomic E-state index is 9.93. The maximum Gasteiger partial charge on any atom is 1.00 e. The first-order valence-corrected chi connectivity index (χ1v) is 3.57. The van der Waals surface area contributed by atoms with E-state index in [0.29, 0.717) is 6.42 Å². The van der Waals surface area contributed by atoms with Crippen LogP contribution in [0.4, 0.5) is 0 Å². The summed E-state index contributed by atoms with van der Waals surface area (Å²) >= 11 is 0. The van der Waals surface area contributed by atoms with E-state index in [-0.39, 0.29) is 29.6 Å². The maximum atomic E-state index is 9.93. The van der Waals surface area contributed by atoms with Crippen LogP contribution < -0.4 is 34.7 Å². The molecule has 4 heteroatoms. The molecule has 0 aliphatic rings. The summed E-state index contributed by atoms with van der Waals surface area (Å²) in [6.07, 6.45) is 1.79. The van der Waals surface area contributed by atoms with Crippen molar-refractivity contribution in [3.8, 4) is 0 Å². The molecule has 0 aromatic carbocycles. The van der Waals surface area contributed by atoms with Crippen molar-refractivity contribution in [3.63, 3.8) is 0 Å². The van der Waals surface area contributed by atoms with E-state index in [9.17, 15) is 9.90 Å². The first-order chi connectivity index (χ1) is 4.68. The van der Waals surface area contributed by atoms with Crippen LogP contribution in [0, 0.1) is 0 Å². The predicted molar refractivity (Wildman–Crippen MR) is 35.2 cm³/mol. The van der Waals surface area contributed by atoms with Gasteiger partial charge in [-0.15, -0.1) is 0 Å². The number of aliphatic carboxylic acids is 1. The third-order valence-electron chi connectivity index (χ3n) is 1.35. The van der Waals surface area contributed by atoms with E-state index in [1.807, 2.05) is 6.92 Å². The van der Waals surface area contributed by atoms with Gasteiger partial charge in [-0.05, 0) is 6.42 Å². The van der Waals surface area contributed by atoms with Gasteiger partial charge in [0.1, 0.15) is 0 Å². The first kappa shape index (κ1) is 14.0. The van der Waals surface area contributed by atoms with Gasteiger partial charge in [-0.3, -0.25) is 0 Å². The summed E-state index contributed by atoms with van der Waals surface area (Å²) in [6.45, 7) is 2.02. The van der Waals surface area contributed by atoms with Crippen molar-refractivity contribution in [2.75, 3.05) is 0 Å². The normalized spacial score (nSPS) is 11.8. The van der Waals surface area contributed by atoms with Gasteiger partial charge in [0.25, 0.3) is 0 Å². The zero-order chi connectivity index (χ0) is 7.98. The number of carbonyl (C=O) groups excluding carboxylic acids is 1. The minimum absolute atomic E-state index is 0. The number of carbonyl (C=O) groups is 1. The van der Waals surface area contributed by atoms with Gasteiger partial charge in [0, 0.05) is 0 Å². The molecule has 0 aliphatic heterocycles. The second-order valence-corrected chi connectivity index (χ2v) is 2.33. The Morgan fingerprint density at radius 1 is 1.55 bits per heavy atom. The molecule has 0 heterocycles. The molecule has 1 atom stereocenters. The fraction of sp³-hybridized carbons (Fsp3) is 0.857. The fourth-order valence-corrected chi connectivity index (χ4v) is 0.706. The number of aliphatic hydroxyl groups excluding tert-OH is 1. The Hall–Kier alpha value is 0.430. The number of unbranched alkanes of at least 4 members (excludes halogenated alkanes) is 2. The molecule has 0 unspecified atom stereocenters. The van der Waals surface area contributed by atoms with Crippen molar-refractivity contribution in [1.82, 2.24) is 0 Å². The van der Waals surface area contributed by atoms with Crippen LogP contribution in [-0.2, 0) is 4.79 Å². The molecule has 0 aromatic heterocycles. The first-order valence-electron chi connectivity index (χ1n) is 3.57. The molecular formula is C7H13NaO3. The summed E-state index contributed by atoms with van der Waals surface area (Å²) in [5.74, 6) is -1.36. The Kier molecular flexibility index (Phi) is 10.8. The second-order valence-electron chi connectivity index (χ2n) is 2.33. The van der Waals surface area contributed by atoms with Gasteiger partial charge in [-0.2, -0.15) is 0 Å². The summed E-state index contributed by atoms with van der Waals surface area (Å²) in [5.41, 5.74) is 0. The van der Waals surface area contributed by atoms with Gasteiger partial charge in [0.2, 0.25) is 0 Å². The molecule has 0 aliphatic carbocycles. The van der Waals surface area contributed by atoms with Crippen LogP contribution in [0.25, 0.3) is 0 Å². The van der Waals surface area contributed by atoms with E-state index >= 15 is 0 Å². The van der Waals surface area contributed by atoms with E-state index in [0.717, 1.165) is 19.3 Å². The predicted octanol–water partition coefficient (Wildman–Crippen LogP) is -3.32. The van der Waals surface area contributed by atoms with Crippen molar-refractivity contribution in [2.24, 2.45) is 0 Å². The largest absolute Gasteiger partial charge is 1.00 e. The molecule has 60 valence electrons. The van der Waals surface area contributed by atoms with Crippen LogP contribution in [0.1, 0.15) is 32.6 Å². The fourth-order valence-electron chi connectivity index (χ4n) is 0.706. The van der Waals surface area contributed by atoms with Crippen molar-refractivity contribution >= 4 is 5.97 Å². The Labute approximate surface area is 89.1 Å². The SMILES string of the molecule is CCCCC[C@@H](O)C(=O)[O-].[Na+]. The van der Waals surface area contributed by atoms with E-state index < -0.39 is 12.1 Å².